The molecule has 0 aliphatic carbocycles. The van der Waals surface area contributed by atoms with Crippen LogP contribution in [0.2, 0.25) is 0 Å². The number of hydrogen-bond donors (Lipinski definition) is 2. The lowest BCUT2D eigenvalue weighted by Crippen LogP contribution is -2.37. The molecule has 1 aliphatic rings. The fraction of sp³-hybridized carbons (Fsp3) is 0.350. The first-order valence-corrected chi connectivity index (χ1v) is 8.83. The molecule has 2 aromatic rings. The Morgan fingerprint density at radius 1 is 1.11 bits per heavy atom. The van der Waals surface area contributed by atoms with Crippen LogP contribution in [0.25, 0.3) is 0 Å². The second-order valence-electron chi connectivity index (χ2n) is 6.03. The Labute approximate surface area is 177 Å². The molecule has 0 saturated heterocycles. The predicted octanol–water partition coefficient (Wildman–Crippen LogP) is 3.92. The summed E-state index contributed by atoms with van der Waals surface area (Å²) < 4.78 is 17.2. The third-order valence-corrected chi connectivity index (χ3v) is 3.87. The molecule has 0 aromatic heterocycles. The molecule has 6 nitrogen and oxygen atoms in total. The van der Waals surface area contributed by atoms with Crippen LogP contribution in [0.3, 0.4) is 0 Å². The highest BCUT2D eigenvalue weighted by atomic mass is 127. The number of rotatable bonds is 5. The fourth-order valence-electron chi connectivity index (χ4n) is 2.57. The van der Waals surface area contributed by atoms with Gasteiger partial charge in [0.1, 0.15) is 11.9 Å². The third-order valence-electron chi connectivity index (χ3n) is 3.87. The molecule has 0 radical (unpaired) electrons. The third kappa shape index (κ3) is 6.50. The average molecular weight is 483 g/mol. The summed E-state index contributed by atoms with van der Waals surface area (Å²) in [6.45, 7) is 3.99. The summed E-state index contributed by atoms with van der Waals surface area (Å²) in [6, 6.07) is 15.6. The van der Waals surface area contributed by atoms with E-state index in [9.17, 15) is 0 Å². The van der Waals surface area contributed by atoms with Crippen LogP contribution < -0.4 is 24.8 Å². The first-order valence-electron chi connectivity index (χ1n) is 8.83. The largest absolute Gasteiger partial charge is 0.490 e. The summed E-state index contributed by atoms with van der Waals surface area (Å²) >= 11 is 0. The summed E-state index contributed by atoms with van der Waals surface area (Å²) in [5.74, 6) is 3.06. The molecule has 1 atom stereocenters. The Balaban J connectivity index is 0.00000261. The molecule has 27 heavy (non-hydrogen) atoms. The number of hydrogen-bond acceptors (Lipinski definition) is 4. The number of para-hydroxylation sites is 1. The lowest BCUT2D eigenvalue weighted by atomic mass is 10.2. The Hall–Kier alpha value is -2.16. The van der Waals surface area contributed by atoms with E-state index in [1.54, 1.807) is 7.05 Å². The molecule has 3 rings (SSSR count). The molecule has 2 N–H and O–H groups in total. The van der Waals surface area contributed by atoms with Crippen LogP contribution in [0.1, 0.15) is 13.3 Å². The summed E-state index contributed by atoms with van der Waals surface area (Å²) in [5, 5.41) is 6.54. The topological polar surface area (TPSA) is 64.1 Å². The van der Waals surface area contributed by atoms with Crippen LogP contribution in [0, 0.1) is 0 Å². The summed E-state index contributed by atoms with van der Waals surface area (Å²) in [7, 11) is 1.74. The molecule has 0 spiro atoms. The molecular weight excluding hydrogens is 457 g/mol. The van der Waals surface area contributed by atoms with Crippen molar-refractivity contribution in [3.63, 3.8) is 0 Å². The van der Waals surface area contributed by atoms with Gasteiger partial charge in [0.15, 0.2) is 17.5 Å². The van der Waals surface area contributed by atoms with Crippen molar-refractivity contribution in [2.24, 2.45) is 4.99 Å². The summed E-state index contributed by atoms with van der Waals surface area (Å²) in [4.78, 5) is 4.26. The number of fused-ring (bicyclic) bond motifs is 1. The molecule has 7 heteroatoms. The molecule has 0 bridgehead atoms. The van der Waals surface area contributed by atoms with Gasteiger partial charge in [0.25, 0.3) is 0 Å². The maximum Gasteiger partial charge on any atom is 0.195 e. The number of ether oxygens (including phenoxy) is 3. The smallest absolute Gasteiger partial charge is 0.195 e. The van der Waals surface area contributed by atoms with E-state index in [0.717, 1.165) is 29.4 Å². The van der Waals surface area contributed by atoms with Crippen molar-refractivity contribution in [3.8, 4) is 17.2 Å². The number of anilines is 1. The van der Waals surface area contributed by atoms with Gasteiger partial charge in [-0.3, -0.25) is 4.99 Å². The number of halogens is 1. The first-order chi connectivity index (χ1) is 12.7. The SMILES string of the molecule is CN=C(NCC(C)Oc1ccccc1)Nc1ccc2c(c1)OCCCO2.I. The zero-order valence-electron chi connectivity index (χ0n) is 15.6. The minimum Gasteiger partial charge on any atom is -0.490 e. The molecule has 146 valence electrons. The van der Waals surface area contributed by atoms with Crippen molar-refractivity contribution in [1.82, 2.24) is 5.32 Å². The standard InChI is InChI=1S/C20H25N3O3.HI/c1-15(26-17-7-4-3-5-8-17)14-22-20(21-2)23-16-9-10-18-19(13-16)25-12-6-11-24-18;/h3-5,7-10,13,15H,6,11-12,14H2,1-2H3,(H2,21,22,23);1H. The number of nitrogens with zero attached hydrogens (tertiary/aromatic N) is 1. The van der Waals surface area contributed by atoms with Crippen molar-refractivity contribution in [2.75, 3.05) is 32.1 Å². The zero-order valence-corrected chi connectivity index (χ0v) is 17.9. The van der Waals surface area contributed by atoms with Gasteiger partial charge in [0, 0.05) is 25.2 Å². The van der Waals surface area contributed by atoms with E-state index in [2.05, 4.69) is 15.6 Å². The van der Waals surface area contributed by atoms with Gasteiger partial charge in [-0.15, -0.1) is 24.0 Å². The van der Waals surface area contributed by atoms with Crippen molar-refractivity contribution < 1.29 is 14.2 Å². The number of aliphatic imine (C=N–C) groups is 1. The Bertz CT molecular complexity index is 741. The fourth-order valence-corrected chi connectivity index (χ4v) is 2.57. The maximum atomic E-state index is 5.87. The van der Waals surface area contributed by atoms with Gasteiger partial charge < -0.3 is 24.8 Å². The van der Waals surface area contributed by atoms with Gasteiger partial charge in [0.2, 0.25) is 0 Å². The minimum absolute atomic E-state index is 0. The molecule has 1 aliphatic heterocycles. The molecule has 1 heterocycles. The molecular formula is C20H26IN3O3. The average Bonchev–Trinajstić information content (AvgIpc) is 2.91. The Morgan fingerprint density at radius 3 is 2.59 bits per heavy atom. The summed E-state index contributed by atoms with van der Waals surface area (Å²) in [6.07, 6.45) is 0.889. The molecule has 0 saturated carbocycles. The quantitative estimate of drug-likeness (QED) is 0.384. The molecule has 0 fully saturated rings. The highest BCUT2D eigenvalue weighted by Gasteiger charge is 2.12. The predicted molar refractivity (Wildman–Crippen MR) is 119 cm³/mol. The van der Waals surface area contributed by atoms with E-state index in [-0.39, 0.29) is 30.1 Å². The number of nitrogens with one attached hydrogen (secondary N) is 2. The van der Waals surface area contributed by atoms with Crippen LogP contribution in [0.5, 0.6) is 17.2 Å². The monoisotopic (exact) mass is 483 g/mol. The Morgan fingerprint density at radius 2 is 1.85 bits per heavy atom. The van der Waals surface area contributed by atoms with Gasteiger partial charge in [-0.2, -0.15) is 0 Å². The van der Waals surface area contributed by atoms with Crippen LogP contribution in [-0.4, -0.2) is 38.9 Å². The number of guanidine groups is 1. The van der Waals surface area contributed by atoms with Gasteiger partial charge in [0.05, 0.1) is 19.8 Å². The van der Waals surface area contributed by atoms with E-state index >= 15 is 0 Å². The van der Waals surface area contributed by atoms with Crippen molar-refractivity contribution in [2.45, 2.75) is 19.4 Å². The first kappa shape index (κ1) is 21.1. The van der Waals surface area contributed by atoms with E-state index in [1.807, 2.05) is 55.5 Å². The molecule has 2 aromatic carbocycles. The second-order valence-corrected chi connectivity index (χ2v) is 6.03. The Kier molecular flexibility index (Phi) is 8.50. The van der Waals surface area contributed by atoms with Crippen molar-refractivity contribution >= 4 is 35.6 Å². The van der Waals surface area contributed by atoms with E-state index in [0.29, 0.717) is 25.7 Å². The van der Waals surface area contributed by atoms with Crippen LogP contribution in [0.4, 0.5) is 5.69 Å². The maximum absolute atomic E-state index is 5.87. The number of benzene rings is 2. The lowest BCUT2D eigenvalue weighted by Gasteiger charge is -2.18. The summed E-state index contributed by atoms with van der Waals surface area (Å²) in [5.41, 5.74) is 0.888. The van der Waals surface area contributed by atoms with Gasteiger partial charge in [-0.1, -0.05) is 18.2 Å². The normalized spacial score (nSPS) is 14.4. The highest BCUT2D eigenvalue weighted by molar-refractivity contribution is 14.0. The zero-order chi connectivity index (χ0) is 18.2. The molecule has 1 unspecified atom stereocenters. The molecule has 0 amide bonds. The van der Waals surface area contributed by atoms with E-state index in [4.69, 9.17) is 14.2 Å². The minimum atomic E-state index is -0.000251. The van der Waals surface area contributed by atoms with Gasteiger partial charge in [-0.05, 0) is 31.2 Å². The highest BCUT2D eigenvalue weighted by Crippen LogP contribution is 2.32. The van der Waals surface area contributed by atoms with Crippen molar-refractivity contribution in [1.29, 1.82) is 0 Å². The van der Waals surface area contributed by atoms with Crippen LogP contribution >= 0.6 is 24.0 Å². The second kappa shape index (κ2) is 10.9. The van der Waals surface area contributed by atoms with Crippen molar-refractivity contribution in [3.05, 3.63) is 48.5 Å². The van der Waals surface area contributed by atoms with Gasteiger partial charge >= 0.3 is 0 Å². The van der Waals surface area contributed by atoms with E-state index < -0.39 is 0 Å². The van der Waals surface area contributed by atoms with Crippen LogP contribution in [-0.2, 0) is 0 Å². The van der Waals surface area contributed by atoms with E-state index in [1.165, 1.54) is 0 Å². The lowest BCUT2D eigenvalue weighted by molar-refractivity contribution is 0.224. The van der Waals surface area contributed by atoms with Gasteiger partial charge in [-0.25, -0.2) is 0 Å². The van der Waals surface area contributed by atoms with Crippen LogP contribution in [0.15, 0.2) is 53.5 Å².